The second kappa shape index (κ2) is 8.45. The maximum Gasteiger partial charge on any atom is 0.236 e. The summed E-state index contributed by atoms with van der Waals surface area (Å²) in [4.78, 5) is 5.63. The molecule has 0 unspecified atom stereocenters. The van der Waals surface area contributed by atoms with Crippen LogP contribution in [0.25, 0.3) is 17.0 Å². The highest BCUT2D eigenvalue weighted by Crippen LogP contribution is 2.29. The van der Waals surface area contributed by atoms with E-state index in [-0.39, 0.29) is 0 Å². The van der Waals surface area contributed by atoms with Gasteiger partial charge in [-0.1, -0.05) is 30.3 Å². The van der Waals surface area contributed by atoms with Crippen LogP contribution in [0.2, 0.25) is 0 Å². The number of methoxy groups -OCH3 is 1. The SMILES string of the molecule is COc1ccc2[nH+]c(C)cc(N3CCN(S(=O)(=O)/C=C/c4ccccc4)CC3)c2c1. The molecule has 30 heavy (non-hydrogen) atoms. The predicted molar refractivity (Wildman–Crippen MR) is 120 cm³/mol. The highest BCUT2D eigenvalue weighted by atomic mass is 32.2. The van der Waals surface area contributed by atoms with Crippen LogP contribution in [0.1, 0.15) is 11.3 Å². The summed E-state index contributed by atoms with van der Waals surface area (Å²) in [7, 11) is -1.79. The first kappa shape index (κ1) is 20.4. The molecule has 1 aliphatic rings. The van der Waals surface area contributed by atoms with Crippen LogP contribution in [0.4, 0.5) is 5.69 Å². The van der Waals surface area contributed by atoms with Crippen molar-refractivity contribution >= 4 is 32.7 Å². The summed E-state index contributed by atoms with van der Waals surface area (Å²) in [6.45, 7) is 4.19. The Bertz CT molecular complexity index is 1170. The van der Waals surface area contributed by atoms with E-state index in [0.29, 0.717) is 26.2 Å². The molecular formula is C23H26N3O3S+. The predicted octanol–water partition coefficient (Wildman–Crippen LogP) is 3.09. The third kappa shape index (κ3) is 4.32. The van der Waals surface area contributed by atoms with Crippen molar-refractivity contribution in [2.45, 2.75) is 6.92 Å². The van der Waals surface area contributed by atoms with E-state index < -0.39 is 10.0 Å². The van der Waals surface area contributed by atoms with Gasteiger partial charge in [-0.2, -0.15) is 4.31 Å². The van der Waals surface area contributed by atoms with E-state index in [1.54, 1.807) is 17.5 Å². The van der Waals surface area contributed by atoms with E-state index in [0.717, 1.165) is 33.6 Å². The van der Waals surface area contributed by atoms with Crippen LogP contribution in [-0.4, -0.2) is 46.0 Å². The molecule has 3 aromatic rings. The Morgan fingerprint density at radius 2 is 1.73 bits per heavy atom. The first-order valence-corrected chi connectivity index (χ1v) is 11.5. The molecule has 1 fully saturated rings. The molecule has 0 atom stereocenters. The van der Waals surface area contributed by atoms with E-state index in [1.165, 1.54) is 5.41 Å². The second-order valence-corrected chi connectivity index (χ2v) is 9.21. The Labute approximate surface area is 177 Å². The van der Waals surface area contributed by atoms with Gasteiger partial charge in [-0.3, -0.25) is 0 Å². The van der Waals surface area contributed by atoms with Crippen LogP contribution in [0.5, 0.6) is 5.75 Å². The Balaban J connectivity index is 1.53. The van der Waals surface area contributed by atoms with Crippen molar-refractivity contribution in [3.05, 3.63) is 71.3 Å². The molecule has 0 saturated carbocycles. The topological polar surface area (TPSA) is 64.0 Å². The molecule has 0 radical (unpaired) electrons. The van der Waals surface area contributed by atoms with Gasteiger partial charge in [0.2, 0.25) is 15.5 Å². The molecule has 1 aliphatic heterocycles. The number of rotatable bonds is 5. The van der Waals surface area contributed by atoms with Crippen LogP contribution in [0, 0.1) is 6.92 Å². The van der Waals surface area contributed by atoms with Crippen molar-refractivity contribution < 1.29 is 18.1 Å². The number of aryl methyl sites for hydroxylation is 1. The van der Waals surface area contributed by atoms with Crippen LogP contribution in [-0.2, 0) is 10.0 Å². The fourth-order valence-electron chi connectivity index (χ4n) is 3.76. The Morgan fingerprint density at radius 1 is 1.00 bits per heavy atom. The average molecular weight is 425 g/mol. The van der Waals surface area contributed by atoms with Crippen molar-refractivity contribution in [2.75, 3.05) is 38.2 Å². The van der Waals surface area contributed by atoms with Gasteiger partial charge in [0.25, 0.3) is 0 Å². The second-order valence-electron chi connectivity index (χ2n) is 7.39. The zero-order valence-corrected chi connectivity index (χ0v) is 18.0. The van der Waals surface area contributed by atoms with Crippen LogP contribution >= 0.6 is 0 Å². The van der Waals surface area contributed by atoms with E-state index in [9.17, 15) is 8.42 Å². The normalized spacial score (nSPS) is 15.7. The minimum Gasteiger partial charge on any atom is -0.497 e. The molecule has 0 spiro atoms. The van der Waals surface area contributed by atoms with E-state index in [1.807, 2.05) is 55.5 Å². The Hall–Kier alpha value is -2.90. The number of nitrogens with zero attached hydrogens (tertiary/aromatic N) is 2. The quantitative estimate of drug-likeness (QED) is 0.631. The lowest BCUT2D eigenvalue weighted by atomic mass is 10.1. The summed E-state index contributed by atoms with van der Waals surface area (Å²) in [5.41, 5.74) is 4.06. The number of hydrogen-bond donors (Lipinski definition) is 0. The molecular weight excluding hydrogens is 398 g/mol. The molecule has 0 amide bonds. The lowest BCUT2D eigenvalue weighted by Gasteiger charge is -2.35. The molecule has 2 heterocycles. The van der Waals surface area contributed by atoms with Crippen molar-refractivity contribution in [3.8, 4) is 5.75 Å². The first-order valence-electron chi connectivity index (χ1n) is 9.95. The molecule has 0 aliphatic carbocycles. The van der Waals surface area contributed by atoms with Gasteiger partial charge in [0, 0.05) is 50.6 Å². The fraction of sp³-hybridized carbons (Fsp3) is 0.261. The number of sulfonamides is 1. The number of fused-ring (bicyclic) bond motifs is 1. The standard InChI is InChI=1S/C23H25N3O3S/c1-18-16-23(21-17-20(29-2)8-9-22(21)24-18)25-11-13-26(14-12-25)30(27,28)15-10-19-6-4-3-5-7-19/h3-10,15-17H,11-14H2,1-2H3/p+1/b15-10+. The third-order valence-electron chi connectivity index (χ3n) is 5.36. The van der Waals surface area contributed by atoms with Gasteiger partial charge >= 0.3 is 0 Å². The third-order valence-corrected chi connectivity index (χ3v) is 6.92. The molecule has 1 saturated heterocycles. The van der Waals surface area contributed by atoms with Gasteiger partial charge < -0.3 is 9.64 Å². The average Bonchev–Trinajstić information content (AvgIpc) is 2.78. The van der Waals surface area contributed by atoms with E-state index in [4.69, 9.17) is 4.74 Å². The molecule has 7 heteroatoms. The molecule has 6 nitrogen and oxygen atoms in total. The molecule has 156 valence electrons. The minimum atomic E-state index is -3.45. The van der Waals surface area contributed by atoms with Gasteiger partial charge in [-0.15, -0.1) is 0 Å². The van der Waals surface area contributed by atoms with Crippen molar-refractivity contribution in [1.82, 2.24) is 4.31 Å². The number of benzene rings is 2. The van der Waals surface area contributed by atoms with E-state index >= 15 is 0 Å². The smallest absolute Gasteiger partial charge is 0.236 e. The number of pyridine rings is 1. The van der Waals surface area contributed by atoms with Crippen molar-refractivity contribution in [1.29, 1.82) is 0 Å². The molecule has 1 aromatic heterocycles. The number of nitrogens with one attached hydrogen (secondary N) is 1. The lowest BCUT2D eigenvalue weighted by molar-refractivity contribution is -0.354. The molecule has 1 N–H and O–H groups in total. The van der Waals surface area contributed by atoms with Crippen molar-refractivity contribution in [2.24, 2.45) is 0 Å². The summed E-state index contributed by atoms with van der Waals surface area (Å²) in [6, 6.07) is 17.6. The minimum absolute atomic E-state index is 0.449. The number of anilines is 1. The van der Waals surface area contributed by atoms with Crippen LogP contribution < -0.4 is 14.6 Å². The molecule has 4 rings (SSSR count). The Kier molecular flexibility index (Phi) is 5.74. The van der Waals surface area contributed by atoms with Gasteiger partial charge in [0.1, 0.15) is 5.75 Å². The largest absolute Gasteiger partial charge is 0.497 e. The number of aromatic amines is 1. The van der Waals surface area contributed by atoms with Crippen LogP contribution in [0.3, 0.4) is 0 Å². The van der Waals surface area contributed by atoms with Gasteiger partial charge in [-0.05, 0) is 23.8 Å². The lowest BCUT2D eigenvalue weighted by Crippen LogP contribution is -2.48. The maximum atomic E-state index is 12.8. The highest BCUT2D eigenvalue weighted by Gasteiger charge is 2.27. The van der Waals surface area contributed by atoms with Gasteiger partial charge in [0.15, 0.2) is 5.69 Å². The summed E-state index contributed by atoms with van der Waals surface area (Å²) in [6.07, 6.45) is 1.65. The summed E-state index contributed by atoms with van der Waals surface area (Å²) in [5.74, 6) is 0.799. The zero-order valence-electron chi connectivity index (χ0n) is 17.2. The van der Waals surface area contributed by atoms with Gasteiger partial charge in [0.05, 0.1) is 18.2 Å². The van der Waals surface area contributed by atoms with E-state index in [2.05, 4.69) is 16.0 Å². The zero-order chi connectivity index (χ0) is 21.1. The monoisotopic (exact) mass is 424 g/mol. The molecule has 2 aromatic carbocycles. The number of H-pyrrole nitrogens is 1. The van der Waals surface area contributed by atoms with Crippen molar-refractivity contribution in [3.63, 3.8) is 0 Å². The number of ether oxygens (including phenoxy) is 1. The maximum absolute atomic E-state index is 12.8. The first-order chi connectivity index (χ1) is 14.5. The number of piperazine rings is 1. The summed E-state index contributed by atoms with van der Waals surface area (Å²) in [5, 5.41) is 2.38. The number of aromatic nitrogens is 1. The fourth-order valence-corrected chi connectivity index (χ4v) is 4.94. The summed E-state index contributed by atoms with van der Waals surface area (Å²) >= 11 is 0. The van der Waals surface area contributed by atoms with Gasteiger partial charge in [-0.25, -0.2) is 13.4 Å². The summed E-state index contributed by atoms with van der Waals surface area (Å²) < 4.78 is 32.4. The number of hydrogen-bond acceptors (Lipinski definition) is 4. The van der Waals surface area contributed by atoms with Crippen LogP contribution in [0.15, 0.2) is 60.0 Å². The Morgan fingerprint density at radius 3 is 2.43 bits per heavy atom. The highest BCUT2D eigenvalue weighted by molar-refractivity contribution is 7.92. The molecule has 0 bridgehead atoms.